The largest absolute Gasteiger partial charge is 0.450 e. The summed E-state index contributed by atoms with van der Waals surface area (Å²) in [5.41, 5.74) is 0. The first kappa shape index (κ1) is 23.3. The molecule has 0 aromatic heterocycles. The second kappa shape index (κ2) is 11.8. The molecule has 0 aromatic rings. The van der Waals surface area contributed by atoms with E-state index in [2.05, 4.69) is 20.5 Å². The van der Waals surface area contributed by atoms with Crippen molar-refractivity contribution in [3.8, 4) is 0 Å². The predicted octanol–water partition coefficient (Wildman–Crippen LogP) is 0.715. The monoisotopic (exact) mass is 410 g/mol. The van der Waals surface area contributed by atoms with Gasteiger partial charge >= 0.3 is 6.09 Å². The number of rotatable bonds is 7. The number of likely N-dealkylation sites (N-methyl/N-ethyl adjacent to an activating group) is 1. The molecule has 2 amide bonds. The second-order valence-corrected chi connectivity index (χ2v) is 7.88. The van der Waals surface area contributed by atoms with Gasteiger partial charge in [0.2, 0.25) is 5.91 Å². The number of likely N-dealkylation sites (tertiary alicyclic amines) is 2. The molecule has 0 aliphatic carbocycles. The van der Waals surface area contributed by atoms with Crippen LogP contribution in [0.2, 0.25) is 0 Å². The molecule has 2 aliphatic rings. The SMILES string of the molecule is CCOC(=O)N1CCC(NC(=NC)NCCCN2CCCC2C(=O)N(C)C)CC1. The molecule has 1 unspecified atom stereocenters. The average molecular weight is 411 g/mol. The molecule has 2 heterocycles. The van der Waals surface area contributed by atoms with Crippen molar-refractivity contribution in [3.05, 3.63) is 0 Å². The molecule has 166 valence electrons. The third kappa shape index (κ3) is 7.06. The Labute approximate surface area is 174 Å². The van der Waals surface area contributed by atoms with Crippen molar-refractivity contribution in [3.63, 3.8) is 0 Å². The molecule has 0 aromatic carbocycles. The minimum atomic E-state index is -0.221. The number of ether oxygens (including phenoxy) is 1. The summed E-state index contributed by atoms with van der Waals surface area (Å²) in [6.07, 6.45) is 4.54. The highest BCUT2D eigenvalue weighted by atomic mass is 16.6. The molecule has 29 heavy (non-hydrogen) atoms. The van der Waals surface area contributed by atoms with E-state index in [0.29, 0.717) is 25.7 Å². The molecular formula is C20H38N6O3. The van der Waals surface area contributed by atoms with Gasteiger partial charge in [0.25, 0.3) is 0 Å². The van der Waals surface area contributed by atoms with Gasteiger partial charge in [-0.3, -0.25) is 14.7 Å². The van der Waals surface area contributed by atoms with Gasteiger partial charge in [-0.15, -0.1) is 0 Å². The molecule has 2 saturated heterocycles. The van der Waals surface area contributed by atoms with Crippen molar-refractivity contribution in [2.75, 3.05) is 60.5 Å². The lowest BCUT2D eigenvalue weighted by atomic mass is 10.1. The number of nitrogens with zero attached hydrogens (tertiary/aromatic N) is 4. The van der Waals surface area contributed by atoms with Crippen molar-refractivity contribution in [1.82, 2.24) is 25.3 Å². The van der Waals surface area contributed by atoms with E-state index >= 15 is 0 Å². The van der Waals surface area contributed by atoms with Crippen LogP contribution in [-0.2, 0) is 9.53 Å². The lowest BCUT2D eigenvalue weighted by Gasteiger charge is -2.32. The van der Waals surface area contributed by atoms with E-state index in [4.69, 9.17) is 4.74 Å². The Bertz CT molecular complexity index is 560. The van der Waals surface area contributed by atoms with E-state index in [1.807, 2.05) is 21.0 Å². The van der Waals surface area contributed by atoms with Crippen LogP contribution >= 0.6 is 0 Å². The summed E-state index contributed by atoms with van der Waals surface area (Å²) in [6.45, 7) is 6.34. The number of amides is 2. The van der Waals surface area contributed by atoms with E-state index in [1.54, 1.807) is 16.8 Å². The second-order valence-electron chi connectivity index (χ2n) is 7.88. The first-order valence-electron chi connectivity index (χ1n) is 10.8. The molecule has 0 spiro atoms. The predicted molar refractivity (Wildman–Crippen MR) is 114 cm³/mol. The van der Waals surface area contributed by atoms with Crippen LogP contribution in [0.3, 0.4) is 0 Å². The quantitative estimate of drug-likeness (QED) is 0.365. The van der Waals surface area contributed by atoms with Crippen molar-refractivity contribution >= 4 is 18.0 Å². The van der Waals surface area contributed by atoms with Crippen LogP contribution in [0.4, 0.5) is 4.79 Å². The molecule has 9 heteroatoms. The summed E-state index contributed by atoms with van der Waals surface area (Å²) in [5.74, 6) is 1.00. The Kier molecular flexibility index (Phi) is 9.50. The van der Waals surface area contributed by atoms with Gasteiger partial charge in [-0.2, -0.15) is 0 Å². The molecule has 0 radical (unpaired) electrons. The van der Waals surface area contributed by atoms with Crippen molar-refractivity contribution < 1.29 is 14.3 Å². The lowest BCUT2D eigenvalue weighted by molar-refractivity contribution is -0.133. The number of hydrogen-bond donors (Lipinski definition) is 2. The van der Waals surface area contributed by atoms with Gasteiger partial charge in [0.05, 0.1) is 12.6 Å². The molecular weight excluding hydrogens is 372 g/mol. The minimum absolute atomic E-state index is 0.0343. The van der Waals surface area contributed by atoms with Crippen LogP contribution in [0, 0.1) is 0 Å². The van der Waals surface area contributed by atoms with Gasteiger partial charge in [0.1, 0.15) is 0 Å². The van der Waals surface area contributed by atoms with Gasteiger partial charge in [-0.25, -0.2) is 4.79 Å². The average Bonchev–Trinajstić information content (AvgIpc) is 3.18. The molecule has 2 fully saturated rings. The fraction of sp³-hybridized carbons (Fsp3) is 0.850. The Morgan fingerprint density at radius 1 is 1.17 bits per heavy atom. The third-order valence-electron chi connectivity index (χ3n) is 5.59. The Balaban J connectivity index is 1.66. The number of guanidine groups is 1. The number of carbonyl (C=O) groups is 2. The van der Waals surface area contributed by atoms with Crippen molar-refractivity contribution in [2.45, 2.75) is 51.1 Å². The van der Waals surface area contributed by atoms with E-state index in [0.717, 1.165) is 57.7 Å². The fourth-order valence-electron chi connectivity index (χ4n) is 3.97. The standard InChI is InChI=1S/C20H38N6O3/c1-5-29-20(28)26-14-9-16(10-15-26)23-19(21-2)22-11-7-13-25-12-6-8-17(25)18(27)24(3)4/h16-17H,5-15H2,1-4H3,(H2,21,22,23). The van der Waals surface area contributed by atoms with Gasteiger partial charge < -0.3 is 25.2 Å². The number of aliphatic imine (C=N–C) groups is 1. The number of carbonyl (C=O) groups excluding carboxylic acids is 2. The van der Waals surface area contributed by atoms with Crippen molar-refractivity contribution in [2.24, 2.45) is 4.99 Å². The zero-order valence-electron chi connectivity index (χ0n) is 18.4. The summed E-state index contributed by atoms with van der Waals surface area (Å²) in [6, 6.07) is 0.333. The van der Waals surface area contributed by atoms with Crippen LogP contribution in [-0.4, -0.2) is 105 Å². The normalized spacial score (nSPS) is 21.2. The zero-order chi connectivity index (χ0) is 21.2. The summed E-state index contributed by atoms with van der Waals surface area (Å²) in [4.78, 5) is 34.1. The number of nitrogens with one attached hydrogen (secondary N) is 2. The maximum Gasteiger partial charge on any atom is 0.409 e. The lowest BCUT2D eigenvalue weighted by Crippen LogP contribution is -2.50. The smallest absolute Gasteiger partial charge is 0.409 e. The van der Waals surface area contributed by atoms with Gasteiger partial charge in [0, 0.05) is 53.4 Å². The molecule has 2 aliphatic heterocycles. The third-order valence-corrected chi connectivity index (χ3v) is 5.59. The Hall–Kier alpha value is -2.03. The number of piperidine rings is 1. The molecule has 2 rings (SSSR count). The minimum Gasteiger partial charge on any atom is -0.450 e. The maximum atomic E-state index is 12.3. The van der Waals surface area contributed by atoms with Gasteiger partial charge in [-0.05, 0) is 45.6 Å². The number of hydrogen-bond acceptors (Lipinski definition) is 5. The highest BCUT2D eigenvalue weighted by Crippen LogP contribution is 2.18. The summed E-state index contributed by atoms with van der Waals surface area (Å²) < 4.78 is 5.06. The summed E-state index contributed by atoms with van der Waals surface area (Å²) in [7, 11) is 5.43. The Morgan fingerprint density at radius 2 is 1.90 bits per heavy atom. The summed E-state index contributed by atoms with van der Waals surface area (Å²) in [5, 5.41) is 6.83. The van der Waals surface area contributed by atoms with Crippen molar-refractivity contribution in [1.29, 1.82) is 0 Å². The van der Waals surface area contributed by atoms with Crippen LogP contribution in [0.5, 0.6) is 0 Å². The van der Waals surface area contributed by atoms with E-state index < -0.39 is 0 Å². The van der Waals surface area contributed by atoms with Gasteiger partial charge in [0.15, 0.2) is 5.96 Å². The Morgan fingerprint density at radius 3 is 2.52 bits per heavy atom. The van der Waals surface area contributed by atoms with Crippen LogP contribution < -0.4 is 10.6 Å². The summed E-state index contributed by atoms with van der Waals surface area (Å²) >= 11 is 0. The first-order valence-corrected chi connectivity index (χ1v) is 10.8. The highest BCUT2D eigenvalue weighted by Gasteiger charge is 2.31. The fourth-order valence-corrected chi connectivity index (χ4v) is 3.97. The highest BCUT2D eigenvalue weighted by molar-refractivity contribution is 5.81. The molecule has 9 nitrogen and oxygen atoms in total. The topological polar surface area (TPSA) is 89.5 Å². The van der Waals surface area contributed by atoms with Crippen LogP contribution in [0.25, 0.3) is 0 Å². The maximum absolute atomic E-state index is 12.3. The van der Waals surface area contributed by atoms with E-state index in [-0.39, 0.29) is 18.0 Å². The molecule has 0 bridgehead atoms. The molecule has 2 N–H and O–H groups in total. The van der Waals surface area contributed by atoms with E-state index in [9.17, 15) is 9.59 Å². The molecule has 1 atom stereocenters. The van der Waals surface area contributed by atoms with Gasteiger partial charge in [-0.1, -0.05) is 0 Å². The molecule has 0 saturated carbocycles. The first-order chi connectivity index (χ1) is 14.0. The van der Waals surface area contributed by atoms with E-state index in [1.165, 1.54) is 0 Å². The van der Waals surface area contributed by atoms with Crippen LogP contribution in [0.15, 0.2) is 4.99 Å². The van der Waals surface area contributed by atoms with Crippen LogP contribution in [0.1, 0.15) is 39.0 Å². The zero-order valence-corrected chi connectivity index (χ0v) is 18.4.